The van der Waals surface area contributed by atoms with Crippen LogP contribution in [0.5, 0.6) is 11.6 Å². The number of pyridine rings is 1. The van der Waals surface area contributed by atoms with Crippen molar-refractivity contribution in [3.05, 3.63) is 58.3 Å². The van der Waals surface area contributed by atoms with E-state index in [-0.39, 0.29) is 12.3 Å². The van der Waals surface area contributed by atoms with Crippen LogP contribution in [0.2, 0.25) is 10.0 Å². The highest BCUT2D eigenvalue weighted by molar-refractivity contribution is 6.35. The van der Waals surface area contributed by atoms with Crippen LogP contribution in [0.4, 0.5) is 5.95 Å². The number of likely N-dealkylation sites (tertiary alicyclic amines) is 2. The first-order chi connectivity index (χ1) is 19.8. The summed E-state index contributed by atoms with van der Waals surface area (Å²) in [7, 11) is 2.19. The fraction of sp³-hybridized carbons (Fsp3) is 0.467. The van der Waals surface area contributed by atoms with E-state index < -0.39 is 5.97 Å². The number of aliphatic carboxylic acids is 1. The van der Waals surface area contributed by atoms with E-state index in [0.29, 0.717) is 46.0 Å². The predicted molar refractivity (Wildman–Crippen MR) is 159 cm³/mol. The second kappa shape index (κ2) is 12.1. The molecule has 2 aromatic heterocycles. The van der Waals surface area contributed by atoms with E-state index >= 15 is 0 Å². The molecule has 6 rings (SSSR count). The summed E-state index contributed by atoms with van der Waals surface area (Å²) in [5.41, 5.74) is 2.53. The van der Waals surface area contributed by atoms with E-state index in [2.05, 4.69) is 31.7 Å². The Balaban J connectivity index is 1.21. The molecule has 9 nitrogen and oxygen atoms in total. The van der Waals surface area contributed by atoms with Gasteiger partial charge >= 0.3 is 5.97 Å². The third-order valence-electron chi connectivity index (χ3n) is 8.54. The lowest BCUT2D eigenvalue weighted by Gasteiger charge is -2.31. The molecule has 0 aliphatic carbocycles. The average molecular weight is 598 g/mol. The third-order valence-corrected chi connectivity index (χ3v) is 8.98. The van der Waals surface area contributed by atoms with Crippen LogP contribution in [0.1, 0.15) is 37.7 Å². The molecule has 3 aliphatic heterocycles. The maximum Gasteiger partial charge on any atom is 0.303 e. The number of carboxylic acid groups (broad SMARTS) is 1. The minimum atomic E-state index is -0.725. The highest BCUT2D eigenvalue weighted by atomic mass is 35.5. The lowest BCUT2D eigenvalue weighted by Crippen LogP contribution is -2.35. The molecule has 1 aromatic carbocycles. The van der Waals surface area contributed by atoms with Gasteiger partial charge in [-0.25, -0.2) is 15.0 Å². The highest BCUT2D eigenvalue weighted by Gasteiger charge is 2.41. The molecule has 41 heavy (non-hydrogen) atoms. The fourth-order valence-electron chi connectivity index (χ4n) is 6.49. The normalized spacial score (nSPS) is 21.8. The highest BCUT2D eigenvalue weighted by Crippen LogP contribution is 2.34. The molecule has 3 fully saturated rings. The van der Waals surface area contributed by atoms with Crippen molar-refractivity contribution in [1.29, 1.82) is 0 Å². The molecule has 1 N–H and O–H groups in total. The zero-order valence-electron chi connectivity index (χ0n) is 23.0. The van der Waals surface area contributed by atoms with Gasteiger partial charge in [-0.1, -0.05) is 23.2 Å². The Bertz CT molecular complexity index is 1380. The minimum Gasteiger partial charge on any atom is -0.481 e. The smallest absolute Gasteiger partial charge is 0.303 e. The van der Waals surface area contributed by atoms with Gasteiger partial charge in [0.05, 0.1) is 18.1 Å². The molecule has 5 heterocycles. The summed E-state index contributed by atoms with van der Waals surface area (Å²) in [5, 5.41) is 10.2. The van der Waals surface area contributed by atoms with Crippen molar-refractivity contribution in [2.75, 3.05) is 38.1 Å². The van der Waals surface area contributed by atoms with Crippen LogP contribution in [-0.2, 0) is 11.3 Å². The van der Waals surface area contributed by atoms with E-state index in [1.165, 1.54) is 0 Å². The zero-order chi connectivity index (χ0) is 28.5. The zero-order valence-corrected chi connectivity index (χ0v) is 24.6. The molecule has 3 aromatic rings. The number of hydrogen-bond acceptors (Lipinski definition) is 8. The van der Waals surface area contributed by atoms with E-state index in [0.717, 1.165) is 68.9 Å². The van der Waals surface area contributed by atoms with Gasteiger partial charge in [0.1, 0.15) is 0 Å². The van der Waals surface area contributed by atoms with Crippen molar-refractivity contribution < 1.29 is 14.6 Å². The summed E-state index contributed by atoms with van der Waals surface area (Å²) in [6, 6.07) is 10.4. The van der Waals surface area contributed by atoms with Crippen LogP contribution in [0.25, 0.3) is 11.3 Å². The number of ether oxygens (including phenoxy) is 1. The van der Waals surface area contributed by atoms with Crippen LogP contribution in [0, 0.1) is 5.92 Å². The number of likely N-dealkylation sites (N-methyl/N-ethyl adjacent to an activating group) is 1. The van der Waals surface area contributed by atoms with Gasteiger partial charge in [0.25, 0.3) is 0 Å². The Kier molecular flexibility index (Phi) is 8.30. The van der Waals surface area contributed by atoms with E-state index in [1.807, 2.05) is 24.3 Å². The molecule has 3 aliphatic rings. The molecule has 0 radical (unpaired) electrons. The van der Waals surface area contributed by atoms with E-state index in [4.69, 9.17) is 38.0 Å². The van der Waals surface area contributed by atoms with Crippen LogP contribution in [0.3, 0.4) is 0 Å². The molecule has 0 spiro atoms. The summed E-state index contributed by atoms with van der Waals surface area (Å²) >= 11 is 12.6. The number of carboxylic acids is 1. The number of carbonyl (C=O) groups is 1. The van der Waals surface area contributed by atoms with Crippen molar-refractivity contribution >= 4 is 35.1 Å². The van der Waals surface area contributed by atoms with Crippen LogP contribution >= 0.6 is 23.2 Å². The van der Waals surface area contributed by atoms with Gasteiger partial charge in [-0.15, -0.1) is 0 Å². The summed E-state index contributed by atoms with van der Waals surface area (Å²) in [6.07, 6.45) is 7.67. The topological polar surface area (TPSA) is 94.9 Å². The van der Waals surface area contributed by atoms with Gasteiger partial charge < -0.3 is 19.6 Å². The number of nitrogens with zero attached hydrogens (tertiary/aromatic N) is 6. The average Bonchev–Trinajstić information content (AvgIpc) is 3.52. The molecule has 0 saturated carbocycles. The Morgan fingerprint density at radius 2 is 1.66 bits per heavy atom. The Hall–Kier alpha value is -2.98. The molecule has 3 saturated heterocycles. The number of halogens is 2. The Labute approximate surface area is 250 Å². The Morgan fingerprint density at radius 3 is 2.37 bits per heavy atom. The second-order valence-corrected chi connectivity index (χ2v) is 12.3. The summed E-state index contributed by atoms with van der Waals surface area (Å²) in [4.78, 5) is 32.3. The Morgan fingerprint density at radius 1 is 0.951 bits per heavy atom. The predicted octanol–water partition coefficient (Wildman–Crippen LogP) is 5.61. The maximum absolute atomic E-state index is 11.1. The van der Waals surface area contributed by atoms with Crippen LogP contribution in [-0.4, -0.2) is 81.1 Å². The molecule has 0 bridgehead atoms. The second-order valence-electron chi connectivity index (χ2n) is 11.4. The molecule has 0 amide bonds. The third kappa shape index (κ3) is 6.59. The minimum absolute atomic E-state index is 0.230. The molecule has 11 heteroatoms. The monoisotopic (exact) mass is 596 g/mol. The van der Waals surface area contributed by atoms with E-state index in [9.17, 15) is 4.79 Å². The van der Waals surface area contributed by atoms with Crippen LogP contribution in [0.15, 0.2) is 42.7 Å². The molecular weight excluding hydrogens is 563 g/mol. The molecule has 216 valence electrons. The number of aromatic nitrogens is 3. The molecule has 2 atom stereocenters. The van der Waals surface area contributed by atoms with Gasteiger partial charge in [-0.2, -0.15) is 0 Å². The largest absolute Gasteiger partial charge is 0.481 e. The SMILES string of the molecule is CN1CCC2C1CCN2c1ncc(Oc2cc(CN3CCC(CC(=O)O)CC3)cc(-c3cc(Cl)cc(Cl)c3)n2)cn1. The van der Waals surface area contributed by atoms with Gasteiger partial charge in [0, 0.05) is 59.8 Å². The first kappa shape index (κ1) is 28.2. The summed E-state index contributed by atoms with van der Waals surface area (Å²) < 4.78 is 6.20. The standard InChI is InChI=1S/C30H34Cl2N6O3/c1-36-6-4-27-26(36)5-9-38(27)30-33-16-24(17-34-30)41-28-11-20(18-37-7-2-19(3-8-37)12-29(39)40)10-25(35-28)21-13-22(31)15-23(32)14-21/h10-11,13-17,19,26-27H,2-9,12,18H2,1H3,(H,39,40). The lowest BCUT2D eigenvalue weighted by atomic mass is 9.93. The van der Waals surface area contributed by atoms with Gasteiger partial charge in [0.15, 0.2) is 5.75 Å². The lowest BCUT2D eigenvalue weighted by molar-refractivity contribution is -0.138. The number of benzene rings is 1. The quantitative estimate of drug-likeness (QED) is 0.356. The first-order valence-corrected chi connectivity index (χ1v) is 14.9. The van der Waals surface area contributed by atoms with Crippen molar-refractivity contribution in [1.82, 2.24) is 24.8 Å². The number of hydrogen-bond donors (Lipinski definition) is 1. The van der Waals surface area contributed by atoms with Gasteiger partial charge in [-0.05, 0) is 81.6 Å². The molecule has 2 unspecified atom stereocenters. The van der Waals surface area contributed by atoms with Crippen LogP contribution < -0.4 is 9.64 Å². The van der Waals surface area contributed by atoms with Crippen molar-refractivity contribution in [2.24, 2.45) is 5.92 Å². The number of fused-ring (bicyclic) bond motifs is 1. The van der Waals surface area contributed by atoms with Crippen molar-refractivity contribution in [3.63, 3.8) is 0 Å². The maximum atomic E-state index is 11.1. The van der Waals surface area contributed by atoms with Crippen molar-refractivity contribution in [2.45, 2.75) is 50.7 Å². The summed E-state index contributed by atoms with van der Waals surface area (Å²) in [5.74, 6) is 1.19. The summed E-state index contributed by atoms with van der Waals surface area (Å²) in [6.45, 7) is 4.45. The van der Waals surface area contributed by atoms with Gasteiger partial charge in [-0.3, -0.25) is 9.69 Å². The van der Waals surface area contributed by atoms with Gasteiger partial charge in [0.2, 0.25) is 11.8 Å². The number of rotatable bonds is 8. The first-order valence-electron chi connectivity index (χ1n) is 14.2. The number of anilines is 1. The fourth-order valence-corrected chi connectivity index (χ4v) is 7.01. The van der Waals surface area contributed by atoms with Crippen molar-refractivity contribution in [3.8, 4) is 22.9 Å². The van der Waals surface area contributed by atoms with E-state index in [1.54, 1.807) is 18.5 Å². The molecular formula is C30H34Cl2N6O3. The number of piperidine rings is 1.